The van der Waals surface area contributed by atoms with Crippen LogP contribution in [0.3, 0.4) is 0 Å². The number of rotatable bonds is 6. The van der Waals surface area contributed by atoms with Gasteiger partial charge in [0.1, 0.15) is 0 Å². The summed E-state index contributed by atoms with van der Waals surface area (Å²) in [6, 6.07) is 6.00. The summed E-state index contributed by atoms with van der Waals surface area (Å²) in [6.45, 7) is 0.948. The minimum atomic E-state index is -0.468. The van der Waals surface area contributed by atoms with E-state index in [2.05, 4.69) is 0 Å². The molecule has 0 saturated heterocycles. The molecule has 0 unspecified atom stereocenters. The molecule has 0 heterocycles. The summed E-state index contributed by atoms with van der Waals surface area (Å²) in [5, 5.41) is 0. The number of benzene rings is 1. The molecule has 0 bridgehead atoms. The van der Waals surface area contributed by atoms with Crippen molar-refractivity contribution < 1.29 is 13.9 Å². The topological polar surface area (TPSA) is 55.6 Å². The average molecular weight is 240 g/mol. The maximum Gasteiger partial charge on any atom is 0.260 e. The third kappa shape index (κ3) is 4.40. The van der Waals surface area contributed by atoms with Crippen LogP contribution < -0.4 is 10.5 Å². The second kappa shape index (κ2) is 6.85. The zero-order valence-electron chi connectivity index (χ0n) is 9.86. The molecule has 1 amide bonds. The molecule has 0 spiro atoms. The van der Waals surface area contributed by atoms with Gasteiger partial charge in [0.05, 0.1) is 0 Å². The molecule has 0 fully saturated rings. The first kappa shape index (κ1) is 13.4. The van der Waals surface area contributed by atoms with Crippen LogP contribution in [0, 0.1) is 5.82 Å². The Morgan fingerprint density at radius 3 is 2.82 bits per heavy atom. The van der Waals surface area contributed by atoms with Gasteiger partial charge in [0.15, 0.2) is 18.2 Å². The number of hydrogen-bond donors (Lipinski definition) is 1. The Morgan fingerprint density at radius 2 is 2.18 bits per heavy atom. The number of halogens is 1. The van der Waals surface area contributed by atoms with E-state index < -0.39 is 5.82 Å². The van der Waals surface area contributed by atoms with Gasteiger partial charge in [-0.25, -0.2) is 4.39 Å². The maximum absolute atomic E-state index is 13.2. The van der Waals surface area contributed by atoms with Crippen LogP contribution in [-0.4, -0.2) is 37.6 Å². The molecule has 2 N–H and O–H groups in total. The van der Waals surface area contributed by atoms with Gasteiger partial charge in [0.2, 0.25) is 0 Å². The quantitative estimate of drug-likeness (QED) is 0.807. The highest BCUT2D eigenvalue weighted by molar-refractivity contribution is 5.77. The van der Waals surface area contributed by atoms with Crippen molar-refractivity contribution in [1.29, 1.82) is 0 Å². The van der Waals surface area contributed by atoms with E-state index in [-0.39, 0.29) is 18.3 Å². The minimum absolute atomic E-state index is 0.0908. The SMILES string of the molecule is CN(CCCN)C(=O)COc1ccccc1F. The largest absolute Gasteiger partial charge is 0.481 e. The summed E-state index contributed by atoms with van der Waals surface area (Å²) in [5.74, 6) is -0.570. The Kier molecular flexibility index (Phi) is 5.42. The third-order valence-corrected chi connectivity index (χ3v) is 2.31. The van der Waals surface area contributed by atoms with E-state index in [1.54, 1.807) is 19.2 Å². The lowest BCUT2D eigenvalue weighted by Crippen LogP contribution is -2.33. The van der Waals surface area contributed by atoms with Crippen LogP contribution >= 0.6 is 0 Å². The fourth-order valence-electron chi connectivity index (χ4n) is 1.26. The van der Waals surface area contributed by atoms with E-state index in [1.807, 2.05) is 0 Å². The Labute approximate surface area is 100 Å². The molecule has 17 heavy (non-hydrogen) atoms. The Bertz CT molecular complexity index is 371. The Morgan fingerprint density at radius 1 is 1.47 bits per heavy atom. The summed E-state index contributed by atoms with van der Waals surface area (Å²) < 4.78 is 18.3. The fourth-order valence-corrected chi connectivity index (χ4v) is 1.26. The van der Waals surface area contributed by atoms with Gasteiger partial charge in [-0.05, 0) is 25.1 Å². The molecule has 0 aliphatic carbocycles. The molecule has 0 atom stereocenters. The Hall–Kier alpha value is -1.62. The van der Waals surface area contributed by atoms with Crippen molar-refractivity contribution in [3.05, 3.63) is 30.1 Å². The zero-order chi connectivity index (χ0) is 12.7. The molecule has 0 radical (unpaired) electrons. The molecule has 4 nitrogen and oxygen atoms in total. The summed E-state index contributed by atoms with van der Waals surface area (Å²) in [5.41, 5.74) is 5.34. The molecule has 5 heteroatoms. The number of amides is 1. The number of para-hydroxylation sites is 1. The van der Waals surface area contributed by atoms with Crippen LogP contribution in [0.2, 0.25) is 0 Å². The second-order valence-corrected chi connectivity index (χ2v) is 3.68. The third-order valence-electron chi connectivity index (χ3n) is 2.31. The van der Waals surface area contributed by atoms with Crippen LogP contribution in [0.4, 0.5) is 4.39 Å². The highest BCUT2D eigenvalue weighted by atomic mass is 19.1. The zero-order valence-corrected chi connectivity index (χ0v) is 9.86. The van der Waals surface area contributed by atoms with Crippen molar-refractivity contribution in [2.75, 3.05) is 26.7 Å². The summed E-state index contributed by atoms with van der Waals surface area (Å²) in [6.07, 6.45) is 0.738. The number of likely N-dealkylation sites (N-methyl/N-ethyl adjacent to an activating group) is 1. The number of ether oxygens (including phenoxy) is 1. The van der Waals surface area contributed by atoms with Crippen molar-refractivity contribution in [3.63, 3.8) is 0 Å². The van der Waals surface area contributed by atoms with Gasteiger partial charge >= 0.3 is 0 Å². The van der Waals surface area contributed by atoms with Crippen LogP contribution in [-0.2, 0) is 4.79 Å². The van der Waals surface area contributed by atoms with Gasteiger partial charge in [-0.1, -0.05) is 12.1 Å². The number of nitrogens with two attached hydrogens (primary N) is 1. The molecule has 0 aliphatic heterocycles. The summed E-state index contributed by atoms with van der Waals surface area (Å²) >= 11 is 0. The lowest BCUT2D eigenvalue weighted by Gasteiger charge is -2.16. The first-order valence-electron chi connectivity index (χ1n) is 5.46. The van der Waals surface area contributed by atoms with E-state index >= 15 is 0 Å². The van der Waals surface area contributed by atoms with Crippen molar-refractivity contribution >= 4 is 5.91 Å². The first-order chi connectivity index (χ1) is 8.15. The molecule has 94 valence electrons. The molecular formula is C12H17FN2O2. The van der Waals surface area contributed by atoms with E-state index in [1.165, 1.54) is 17.0 Å². The standard InChI is InChI=1S/C12H17FN2O2/c1-15(8-4-7-14)12(16)9-17-11-6-3-2-5-10(11)13/h2-3,5-6H,4,7-9,14H2,1H3. The second-order valence-electron chi connectivity index (χ2n) is 3.68. The van der Waals surface area contributed by atoms with Crippen LogP contribution in [0.15, 0.2) is 24.3 Å². The number of nitrogens with zero attached hydrogens (tertiary/aromatic N) is 1. The highest BCUT2D eigenvalue weighted by Crippen LogP contribution is 2.15. The average Bonchev–Trinajstić information content (AvgIpc) is 2.34. The molecular weight excluding hydrogens is 223 g/mol. The lowest BCUT2D eigenvalue weighted by molar-refractivity contribution is -0.132. The van der Waals surface area contributed by atoms with Crippen molar-refractivity contribution in [1.82, 2.24) is 4.90 Å². The van der Waals surface area contributed by atoms with Crippen LogP contribution in [0.25, 0.3) is 0 Å². The van der Waals surface area contributed by atoms with E-state index in [9.17, 15) is 9.18 Å². The highest BCUT2D eigenvalue weighted by Gasteiger charge is 2.10. The fraction of sp³-hybridized carbons (Fsp3) is 0.417. The minimum Gasteiger partial charge on any atom is -0.481 e. The van der Waals surface area contributed by atoms with E-state index in [4.69, 9.17) is 10.5 Å². The predicted octanol–water partition coefficient (Wildman–Crippen LogP) is 1.01. The van der Waals surface area contributed by atoms with Crippen molar-refractivity contribution in [3.8, 4) is 5.75 Å². The van der Waals surface area contributed by atoms with Gasteiger partial charge in [-0.15, -0.1) is 0 Å². The van der Waals surface area contributed by atoms with Gasteiger partial charge in [-0.2, -0.15) is 0 Å². The molecule has 1 aromatic carbocycles. The normalized spacial score (nSPS) is 10.1. The maximum atomic E-state index is 13.2. The van der Waals surface area contributed by atoms with Gasteiger partial charge in [0, 0.05) is 13.6 Å². The van der Waals surface area contributed by atoms with Crippen molar-refractivity contribution in [2.45, 2.75) is 6.42 Å². The van der Waals surface area contributed by atoms with Gasteiger partial charge in [0.25, 0.3) is 5.91 Å². The van der Waals surface area contributed by atoms with Crippen LogP contribution in [0.5, 0.6) is 5.75 Å². The summed E-state index contributed by atoms with van der Waals surface area (Å²) in [7, 11) is 1.67. The smallest absolute Gasteiger partial charge is 0.260 e. The lowest BCUT2D eigenvalue weighted by atomic mass is 10.3. The van der Waals surface area contributed by atoms with Crippen LogP contribution in [0.1, 0.15) is 6.42 Å². The van der Waals surface area contributed by atoms with Crippen molar-refractivity contribution in [2.24, 2.45) is 5.73 Å². The molecule has 1 rings (SSSR count). The number of hydrogen-bond acceptors (Lipinski definition) is 3. The van der Waals surface area contributed by atoms with E-state index in [0.29, 0.717) is 13.1 Å². The molecule has 0 aliphatic rings. The number of carbonyl (C=O) groups excluding carboxylic acids is 1. The summed E-state index contributed by atoms with van der Waals surface area (Å²) in [4.78, 5) is 13.1. The molecule has 0 saturated carbocycles. The van der Waals surface area contributed by atoms with E-state index in [0.717, 1.165) is 6.42 Å². The van der Waals surface area contributed by atoms with Gasteiger partial charge < -0.3 is 15.4 Å². The first-order valence-corrected chi connectivity index (χ1v) is 5.46. The van der Waals surface area contributed by atoms with Gasteiger partial charge in [-0.3, -0.25) is 4.79 Å². The monoisotopic (exact) mass is 240 g/mol. The molecule has 1 aromatic rings. The number of carbonyl (C=O) groups is 1. The Balaban J connectivity index is 2.40. The predicted molar refractivity (Wildman–Crippen MR) is 63.2 cm³/mol. The molecule has 0 aromatic heterocycles.